The summed E-state index contributed by atoms with van der Waals surface area (Å²) in [6.45, 7) is 0. The molecule has 4 rings (SSSR count). The molecule has 0 amide bonds. The van der Waals surface area contributed by atoms with Gasteiger partial charge in [-0.3, -0.25) is 19.3 Å². The summed E-state index contributed by atoms with van der Waals surface area (Å²) in [5.74, 6) is -0.954. The van der Waals surface area contributed by atoms with E-state index in [1.807, 2.05) is 6.07 Å². The Morgan fingerprint density at radius 2 is 1.89 bits per heavy atom. The molecule has 28 heavy (non-hydrogen) atoms. The lowest BCUT2D eigenvalue weighted by Crippen LogP contribution is -2.21. The number of hydrogen-bond donors (Lipinski definition) is 3. The monoisotopic (exact) mass is 394 g/mol. The van der Waals surface area contributed by atoms with Crippen LogP contribution in [-0.4, -0.2) is 41.5 Å². The van der Waals surface area contributed by atoms with Gasteiger partial charge in [-0.1, -0.05) is 30.0 Å². The van der Waals surface area contributed by atoms with E-state index in [0.717, 1.165) is 11.8 Å². The van der Waals surface area contributed by atoms with Crippen LogP contribution in [0.4, 0.5) is 0 Å². The molecule has 8 nitrogen and oxygen atoms in total. The van der Waals surface area contributed by atoms with E-state index in [0.29, 0.717) is 21.9 Å². The number of para-hydroxylation sites is 1. The van der Waals surface area contributed by atoms with E-state index in [9.17, 15) is 19.8 Å². The van der Waals surface area contributed by atoms with Gasteiger partial charge in [0.2, 0.25) is 0 Å². The van der Waals surface area contributed by atoms with Crippen molar-refractivity contribution >= 4 is 28.6 Å². The van der Waals surface area contributed by atoms with Gasteiger partial charge in [0.05, 0.1) is 17.6 Å². The molecule has 0 aliphatic carbocycles. The number of Topliss-reactive ketones (excluding diaryl/α,β-unsaturated/α-hetero) is 1. The highest BCUT2D eigenvalue weighted by atomic mass is 32.2. The minimum absolute atomic E-state index is 0.0108. The average Bonchev–Trinajstić information content (AvgIpc) is 3.18. The maximum atomic E-state index is 12.9. The molecular formula is C19H14N4O4S. The molecule has 0 bridgehead atoms. The highest BCUT2D eigenvalue weighted by Crippen LogP contribution is 2.27. The number of nitrogens with one attached hydrogen (secondary N) is 1. The van der Waals surface area contributed by atoms with E-state index in [1.54, 1.807) is 24.3 Å². The smallest absolute Gasteiger partial charge is 0.269 e. The van der Waals surface area contributed by atoms with Crippen LogP contribution in [-0.2, 0) is 0 Å². The molecule has 0 spiro atoms. The summed E-state index contributed by atoms with van der Waals surface area (Å²) < 4.78 is 1.43. The molecular weight excluding hydrogens is 380 g/mol. The Morgan fingerprint density at radius 1 is 1.11 bits per heavy atom. The van der Waals surface area contributed by atoms with E-state index in [-0.39, 0.29) is 34.2 Å². The first kappa shape index (κ1) is 17.8. The minimum atomic E-state index is -0.367. The van der Waals surface area contributed by atoms with Gasteiger partial charge in [-0.25, -0.2) is 4.98 Å². The second kappa shape index (κ2) is 7.20. The fourth-order valence-corrected chi connectivity index (χ4v) is 3.59. The second-order valence-corrected chi connectivity index (χ2v) is 6.86. The maximum Gasteiger partial charge on any atom is 0.269 e. The number of hydrogen-bond acceptors (Lipinski definition) is 7. The van der Waals surface area contributed by atoms with Gasteiger partial charge in [0.25, 0.3) is 5.56 Å². The molecule has 0 radical (unpaired) electrons. The topological polar surface area (TPSA) is 121 Å². The van der Waals surface area contributed by atoms with Crippen LogP contribution < -0.4 is 5.56 Å². The molecule has 4 aromatic rings. The fourth-order valence-electron chi connectivity index (χ4n) is 2.69. The van der Waals surface area contributed by atoms with Gasteiger partial charge < -0.3 is 10.2 Å². The Labute approximate surface area is 162 Å². The molecule has 0 saturated carbocycles. The van der Waals surface area contributed by atoms with E-state index in [1.165, 1.54) is 29.0 Å². The number of thioether (sulfide) groups is 1. The number of carbonyl (C=O) groups is 1. The number of carbonyl (C=O) groups excluding carboxylic acids is 1. The van der Waals surface area contributed by atoms with Crippen LogP contribution in [0.3, 0.4) is 0 Å². The molecule has 140 valence electrons. The first-order chi connectivity index (χ1) is 13.5. The molecule has 0 saturated heterocycles. The Kier molecular flexibility index (Phi) is 4.58. The van der Waals surface area contributed by atoms with Crippen molar-refractivity contribution in [3.63, 3.8) is 0 Å². The third-order valence-corrected chi connectivity index (χ3v) is 5.03. The van der Waals surface area contributed by atoms with E-state index in [2.05, 4.69) is 15.2 Å². The van der Waals surface area contributed by atoms with Crippen molar-refractivity contribution in [3.05, 3.63) is 70.6 Å². The number of phenols is 2. The van der Waals surface area contributed by atoms with Crippen LogP contribution >= 0.6 is 11.8 Å². The van der Waals surface area contributed by atoms with Crippen LogP contribution in [0.15, 0.2) is 64.7 Å². The van der Waals surface area contributed by atoms with Gasteiger partial charge in [0.15, 0.2) is 28.1 Å². The molecule has 2 aromatic heterocycles. The van der Waals surface area contributed by atoms with Crippen molar-refractivity contribution in [2.75, 3.05) is 5.75 Å². The Morgan fingerprint density at radius 3 is 2.64 bits per heavy atom. The normalized spacial score (nSPS) is 11.0. The molecule has 0 aliphatic rings. The van der Waals surface area contributed by atoms with Crippen molar-refractivity contribution in [1.29, 1.82) is 0 Å². The Hall–Kier alpha value is -3.59. The van der Waals surface area contributed by atoms with Crippen LogP contribution in [0.2, 0.25) is 0 Å². The third-order valence-electron chi connectivity index (χ3n) is 4.10. The second-order valence-electron chi connectivity index (χ2n) is 5.92. The summed E-state index contributed by atoms with van der Waals surface area (Å²) in [4.78, 5) is 29.8. The number of phenolic OH excluding ortho intramolecular Hbond substituents is 2. The molecule has 2 aromatic carbocycles. The molecule has 0 unspecified atom stereocenters. The number of benzene rings is 2. The number of rotatable bonds is 5. The molecule has 0 fully saturated rings. The lowest BCUT2D eigenvalue weighted by Gasteiger charge is -2.11. The summed E-state index contributed by atoms with van der Waals surface area (Å²) in [6, 6.07) is 12.9. The minimum Gasteiger partial charge on any atom is -0.504 e. The Balaban J connectivity index is 1.71. The van der Waals surface area contributed by atoms with Crippen molar-refractivity contribution in [2.24, 2.45) is 0 Å². The van der Waals surface area contributed by atoms with Crippen molar-refractivity contribution < 1.29 is 15.0 Å². The van der Waals surface area contributed by atoms with Crippen molar-refractivity contribution in [3.8, 4) is 17.2 Å². The van der Waals surface area contributed by atoms with Gasteiger partial charge in [0.1, 0.15) is 5.39 Å². The highest BCUT2D eigenvalue weighted by molar-refractivity contribution is 7.99. The van der Waals surface area contributed by atoms with Gasteiger partial charge >= 0.3 is 0 Å². The summed E-state index contributed by atoms with van der Waals surface area (Å²) in [6.07, 6.45) is 1.42. The lowest BCUT2D eigenvalue weighted by atomic mass is 10.1. The summed E-state index contributed by atoms with van der Waals surface area (Å²) in [5, 5.41) is 26.2. The first-order valence-corrected chi connectivity index (χ1v) is 9.22. The standard InChI is InChI=1S/C19H14N4O4S/c24-14-7-6-11(8-15(14)25)16(26)10-28-19-21-17-13(9-20-22-17)18(27)23(19)12-4-2-1-3-5-12/h1-9,24-25H,10H2,(H,20,22). The molecule has 3 N–H and O–H groups in total. The fraction of sp³-hybridized carbons (Fsp3) is 0.0526. The number of H-pyrrole nitrogens is 1. The van der Waals surface area contributed by atoms with Crippen LogP contribution in [0.5, 0.6) is 11.5 Å². The number of ketones is 1. The predicted octanol–water partition coefficient (Wildman–Crippen LogP) is 2.50. The van der Waals surface area contributed by atoms with Gasteiger partial charge in [-0.2, -0.15) is 5.10 Å². The summed E-state index contributed by atoms with van der Waals surface area (Å²) in [5.41, 5.74) is 0.927. The Bertz CT molecular complexity index is 1230. The quantitative estimate of drug-likeness (QED) is 0.206. The zero-order valence-corrected chi connectivity index (χ0v) is 15.2. The zero-order chi connectivity index (χ0) is 19.7. The zero-order valence-electron chi connectivity index (χ0n) is 14.4. The molecule has 9 heteroatoms. The number of aromatic nitrogens is 4. The van der Waals surface area contributed by atoms with E-state index >= 15 is 0 Å². The summed E-state index contributed by atoms with van der Waals surface area (Å²) in [7, 11) is 0. The lowest BCUT2D eigenvalue weighted by molar-refractivity contribution is 0.102. The number of aromatic amines is 1. The van der Waals surface area contributed by atoms with Crippen LogP contribution in [0.25, 0.3) is 16.7 Å². The van der Waals surface area contributed by atoms with Gasteiger partial charge in [0, 0.05) is 5.56 Å². The number of fused-ring (bicyclic) bond motifs is 1. The third kappa shape index (κ3) is 3.23. The van der Waals surface area contributed by atoms with E-state index in [4.69, 9.17) is 0 Å². The van der Waals surface area contributed by atoms with E-state index < -0.39 is 0 Å². The average molecular weight is 394 g/mol. The molecule has 0 atom stereocenters. The first-order valence-electron chi connectivity index (χ1n) is 8.24. The molecule has 0 aliphatic heterocycles. The van der Waals surface area contributed by atoms with Crippen LogP contribution in [0.1, 0.15) is 10.4 Å². The van der Waals surface area contributed by atoms with Crippen molar-refractivity contribution in [1.82, 2.24) is 19.7 Å². The molecule has 2 heterocycles. The van der Waals surface area contributed by atoms with Crippen LogP contribution in [0, 0.1) is 0 Å². The van der Waals surface area contributed by atoms with Gasteiger partial charge in [-0.05, 0) is 30.3 Å². The summed E-state index contributed by atoms with van der Waals surface area (Å²) >= 11 is 1.10. The predicted molar refractivity (Wildman–Crippen MR) is 104 cm³/mol. The number of aromatic hydroxyl groups is 2. The van der Waals surface area contributed by atoms with Gasteiger partial charge in [-0.15, -0.1) is 0 Å². The SMILES string of the molecule is O=C(CSc1nc2[nH]ncc2c(=O)n1-c1ccccc1)c1ccc(O)c(O)c1. The van der Waals surface area contributed by atoms with Crippen molar-refractivity contribution in [2.45, 2.75) is 5.16 Å². The highest BCUT2D eigenvalue weighted by Gasteiger charge is 2.17. The maximum absolute atomic E-state index is 12.9. The largest absolute Gasteiger partial charge is 0.504 e. The number of nitrogens with zero attached hydrogens (tertiary/aromatic N) is 3.